The van der Waals surface area contributed by atoms with Crippen LogP contribution >= 0.6 is 11.8 Å². The Kier molecular flexibility index (Phi) is 3.25. The Morgan fingerprint density at radius 1 is 1.50 bits per heavy atom. The molecule has 16 heavy (non-hydrogen) atoms. The van der Waals surface area contributed by atoms with Gasteiger partial charge in [-0.25, -0.2) is 4.98 Å². The summed E-state index contributed by atoms with van der Waals surface area (Å²) >= 11 is 1.51. The van der Waals surface area contributed by atoms with Crippen LogP contribution in [-0.2, 0) is 6.54 Å². The molecule has 0 saturated heterocycles. The summed E-state index contributed by atoms with van der Waals surface area (Å²) in [7, 11) is 0. The lowest BCUT2D eigenvalue weighted by atomic mass is 10.4. The van der Waals surface area contributed by atoms with Gasteiger partial charge in [-0.15, -0.1) is 0 Å². The molecule has 0 atom stereocenters. The number of nitrogens with zero attached hydrogens (tertiary/aromatic N) is 3. The number of aryl methyl sites for hydroxylation is 1. The average molecular weight is 237 g/mol. The Hall–Kier alpha value is -1.76. The van der Waals surface area contributed by atoms with Gasteiger partial charge in [-0.2, -0.15) is 5.10 Å². The van der Waals surface area contributed by atoms with E-state index < -0.39 is 0 Å². The average Bonchev–Trinajstić information content (AvgIpc) is 2.76. The van der Waals surface area contributed by atoms with E-state index in [0.717, 1.165) is 10.9 Å². The molecule has 3 N–H and O–H groups in total. The summed E-state index contributed by atoms with van der Waals surface area (Å²) in [6.07, 6.45) is 3.10. The molecular weight excluding hydrogens is 226 g/mol. The minimum atomic E-state index is -0.0487. The number of nitrogen functional groups attached to an aromatic ring is 1. The molecule has 0 aliphatic rings. The fourth-order valence-electron chi connectivity index (χ4n) is 1.23. The first-order valence-corrected chi connectivity index (χ1v) is 5.68. The largest absolute Gasteiger partial charge is 0.398 e. The van der Waals surface area contributed by atoms with Gasteiger partial charge in [-0.1, -0.05) is 11.8 Å². The molecule has 2 heterocycles. The summed E-state index contributed by atoms with van der Waals surface area (Å²) in [6.45, 7) is 0.593. The van der Waals surface area contributed by atoms with Crippen molar-refractivity contribution in [3.05, 3.63) is 35.0 Å². The highest BCUT2D eigenvalue weighted by atomic mass is 32.2. The number of pyridine rings is 1. The lowest BCUT2D eigenvalue weighted by molar-refractivity contribution is 0.736. The first-order chi connectivity index (χ1) is 7.75. The van der Waals surface area contributed by atoms with Crippen LogP contribution in [0, 0.1) is 0 Å². The summed E-state index contributed by atoms with van der Waals surface area (Å²) in [5.74, 6) is 0.735. The SMILES string of the molecule is Nc1ccc(=O)n(CCSc2ncn[nH]2)c1. The minimum Gasteiger partial charge on any atom is -0.398 e. The molecule has 0 unspecified atom stereocenters. The third kappa shape index (κ3) is 2.63. The fraction of sp³-hybridized carbons (Fsp3) is 0.222. The van der Waals surface area contributed by atoms with Crippen molar-refractivity contribution in [2.45, 2.75) is 11.7 Å². The number of nitrogens with two attached hydrogens (primary N) is 1. The standard InChI is InChI=1S/C9H11N5OS/c10-7-1-2-8(15)14(5-7)3-4-16-9-11-6-12-13-9/h1-2,5-6H,3-4,10H2,(H,11,12,13). The van der Waals surface area contributed by atoms with Gasteiger partial charge in [0.1, 0.15) is 6.33 Å². The van der Waals surface area contributed by atoms with Crippen molar-refractivity contribution in [1.82, 2.24) is 19.7 Å². The maximum Gasteiger partial charge on any atom is 0.250 e. The number of H-pyrrole nitrogens is 1. The second kappa shape index (κ2) is 4.84. The van der Waals surface area contributed by atoms with Crippen LogP contribution in [-0.4, -0.2) is 25.5 Å². The third-order valence-electron chi connectivity index (χ3n) is 1.97. The summed E-state index contributed by atoms with van der Waals surface area (Å²) in [5, 5.41) is 7.22. The molecular formula is C9H11N5OS. The zero-order valence-corrected chi connectivity index (χ0v) is 9.28. The Bertz CT molecular complexity index is 507. The van der Waals surface area contributed by atoms with Gasteiger partial charge in [-0.05, 0) is 6.07 Å². The van der Waals surface area contributed by atoms with Crippen molar-refractivity contribution in [1.29, 1.82) is 0 Å². The molecule has 0 spiro atoms. The van der Waals surface area contributed by atoms with E-state index in [2.05, 4.69) is 15.2 Å². The molecule has 7 heteroatoms. The summed E-state index contributed by atoms with van der Waals surface area (Å²) in [6, 6.07) is 3.07. The number of aromatic amines is 1. The van der Waals surface area contributed by atoms with Crippen molar-refractivity contribution >= 4 is 17.4 Å². The lowest BCUT2D eigenvalue weighted by Gasteiger charge is -2.04. The number of anilines is 1. The van der Waals surface area contributed by atoms with E-state index in [1.54, 1.807) is 16.8 Å². The first-order valence-electron chi connectivity index (χ1n) is 4.70. The molecule has 0 aliphatic heterocycles. The van der Waals surface area contributed by atoms with Crippen molar-refractivity contribution in [3.8, 4) is 0 Å². The number of hydrogen-bond donors (Lipinski definition) is 2. The van der Waals surface area contributed by atoms with Crippen LogP contribution in [0.4, 0.5) is 5.69 Å². The molecule has 6 nitrogen and oxygen atoms in total. The molecule has 0 bridgehead atoms. The minimum absolute atomic E-state index is 0.0487. The first kappa shape index (κ1) is 10.7. The zero-order valence-electron chi connectivity index (χ0n) is 8.46. The molecule has 2 rings (SSSR count). The van der Waals surface area contributed by atoms with Crippen LogP contribution in [0.25, 0.3) is 0 Å². The highest BCUT2D eigenvalue weighted by molar-refractivity contribution is 7.99. The van der Waals surface area contributed by atoms with Gasteiger partial charge in [0.2, 0.25) is 0 Å². The van der Waals surface area contributed by atoms with Crippen LogP contribution in [0.5, 0.6) is 0 Å². The topological polar surface area (TPSA) is 89.6 Å². The van der Waals surface area contributed by atoms with Crippen LogP contribution in [0.1, 0.15) is 0 Å². The smallest absolute Gasteiger partial charge is 0.250 e. The molecule has 84 valence electrons. The van der Waals surface area contributed by atoms with Crippen LogP contribution in [0.15, 0.2) is 34.6 Å². The normalized spacial score (nSPS) is 10.5. The van der Waals surface area contributed by atoms with E-state index in [9.17, 15) is 4.79 Å². The van der Waals surface area contributed by atoms with Gasteiger partial charge >= 0.3 is 0 Å². The number of hydrogen-bond acceptors (Lipinski definition) is 5. The summed E-state index contributed by atoms with van der Waals surface area (Å²) < 4.78 is 1.58. The Balaban J connectivity index is 1.94. The highest BCUT2D eigenvalue weighted by Crippen LogP contribution is 2.10. The Morgan fingerprint density at radius 3 is 3.12 bits per heavy atom. The summed E-state index contributed by atoms with van der Waals surface area (Å²) in [5.41, 5.74) is 6.14. The van der Waals surface area contributed by atoms with Gasteiger partial charge in [0, 0.05) is 30.2 Å². The molecule has 0 aliphatic carbocycles. The van der Waals surface area contributed by atoms with Crippen molar-refractivity contribution in [2.24, 2.45) is 0 Å². The van der Waals surface area contributed by atoms with Crippen LogP contribution in [0.3, 0.4) is 0 Å². The van der Waals surface area contributed by atoms with Crippen molar-refractivity contribution in [2.75, 3.05) is 11.5 Å². The van der Waals surface area contributed by atoms with E-state index in [-0.39, 0.29) is 5.56 Å². The third-order valence-corrected chi connectivity index (χ3v) is 2.83. The molecule has 0 amide bonds. The second-order valence-corrected chi connectivity index (χ2v) is 4.22. The van der Waals surface area contributed by atoms with Gasteiger partial charge in [0.05, 0.1) is 0 Å². The maximum atomic E-state index is 11.4. The molecule has 0 aromatic carbocycles. The quantitative estimate of drug-likeness (QED) is 0.748. The van der Waals surface area contributed by atoms with Crippen molar-refractivity contribution in [3.63, 3.8) is 0 Å². The van der Waals surface area contributed by atoms with Gasteiger partial charge < -0.3 is 10.3 Å². The maximum absolute atomic E-state index is 11.4. The van der Waals surface area contributed by atoms with E-state index in [1.807, 2.05) is 0 Å². The summed E-state index contributed by atoms with van der Waals surface area (Å²) in [4.78, 5) is 15.4. The number of nitrogens with one attached hydrogen (secondary N) is 1. The Labute approximate surface area is 95.9 Å². The van der Waals surface area contributed by atoms with Gasteiger partial charge in [0.15, 0.2) is 5.16 Å². The predicted octanol–water partition coefficient (Wildman–Crippen LogP) is 0.341. The molecule has 0 fully saturated rings. The van der Waals surface area contributed by atoms with Crippen LogP contribution in [0.2, 0.25) is 0 Å². The monoisotopic (exact) mass is 237 g/mol. The molecule has 0 radical (unpaired) electrons. The number of rotatable bonds is 4. The number of aromatic nitrogens is 4. The van der Waals surface area contributed by atoms with Gasteiger partial charge in [0.25, 0.3) is 5.56 Å². The Morgan fingerprint density at radius 2 is 2.38 bits per heavy atom. The predicted molar refractivity (Wildman–Crippen MR) is 62.2 cm³/mol. The van der Waals surface area contributed by atoms with E-state index >= 15 is 0 Å². The van der Waals surface area contributed by atoms with Crippen LogP contribution < -0.4 is 11.3 Å². The number of thioether (sulfide) groups is 1. The second-order valence-electron chi connectivity index (χ2n) is 3.13. The van der Waals surface area contributed by atoms with E-state index in [4.69, 9.17) is 5.73 Å². The van der Waals surface area contributed by atoms with E-state index in [0.29, 0.717) is 12.2 Å². The van der Waals surface area contributed by atoms with Crippen molar-refractivity contribution < 1.29 is 0 Å². The van der Waals surface area contributed by atoms with Gasteiger partial charge in [-0.3, -0.25) is 9.89 Å². The molecule has 0 saturated carbocycles. The zero-order chi connectivity index (χ0) is 11.4. The highest BCUT2D eigenvalue weighted by Gasteiger charge is 1.99. The fourth-order valence-corrected chi connectivity index (χ4v) is 1.95. The lowest BCUT2D eigenvalue weighted by Crippen LogP contribution is -2.19. The molecule has 2 aromatic rings. The molecule has 2 aromatic heterocycles. The van der Waals surface area contributed by atoms with E-state index in [1.165, 1.54) is 24.2 Å².